The fourth-order valence-corrected chi connectivity index (χ4v) is 3.83. The van der Waals surface area contributed by atoms with Crippen LogP contribution in [-0.2, 0) is 16.1 Å². The van der Waals surface area contributed by atoms with E-state index >= 15 is 0 Å². The molecule has 0 aliphatic carbocycles. The van der Waals surface area contributed by atoms with Crippen LogP contribution < -0.4 is 15.0 Å². The minimum Gasteiger partial charge on any atom is -0.494 e. The summed E-state index contributed by atoms with van der Waals surface area (Å²) in [7, 11) is 0. The number of hydrogen-bond donors (Lipinski definition) is 1. The van der Waals surface area contributed by atoms with Gasteiger partial charge in [-0.15, -0.1) is 0 Å². The number of aryl methyl sites for hydroxylation is 3. The molecular formula is C28H36N4O3. The van der Waals surface area contributed by atoms with Gasteiger partial charge in [0.15, 0.2) is 0 Å². The summed E-state index contributed by atoms with van der Waals surface area (Å²) in [6, 6.07) is 16.1. The van der Waals surface area contributed by atoms with Gasteiger partial charge in [-0.2, -0.15) is 5.10 Å². The van der Waals surface area contributed by atoms with Crippen LogP contribution in [0, 0.1) is 13.8 Å². The first-order valence-corrected chi connectivity index (χ1v) is 12.0. The normalized spacial score (nSPS) is 12.2. The number of ether oxygens (including phenoxy) is 1. The van der Waals surface area contributed by atoms with Crippen LogP contribution in [0.4, 0.5) is 5.69 Å². The Morgan fingerprint density at radius 3 is 2.23 bits per heavy atom. The molecule has 0 aliphatic heterocycles. The van der Waals surface area contributed by atoms with Crippen molar-refractivity contribution < 1.29 is 14.3 Å². The number of benzene rings is 2. The highest BCUT2D eigenvalue weighted by molar-refractivity contribution is 6.01. The summed E-state index contributed by atoms with van der Waals surface area (Å²) < 4.78 is 7.34. The Labute approximate surface area is 208 Å². The predicted octanol–water partition coefficient (Wildman–Crippen LogP) is 4.98. The Balaban J connectivity index is 2.03. The zero-order valence-electron chi connectivity index (χ0n) is 21.5. The first-order chi connectivity index (χ1) is 16.6. The van der Waals surface area contributed by atoms with E-state index in [4.69, 9.17) is 4.74 Å². The maximum absolute atomic E-state index is 13.7. The summed E-state index contributed by atoms with van der Waals surface area (Å²) in [5.41, 5.74) is 2.88. The molecule has 7 heteroatoms. The van der Waals surface area contributed by atoms with Crippen LogP contribution >= 0.6 is 0 Å². The number of amides is 2. The molecule has 0 saturated heterocycles. The minimum atomic E-state index is -0.848. The number of hydrogen-bond acceptors (Lipinski definition) is 4. The summed E-state index contributed by atoms with van der Waals surface area (Å²) in [6.07, 6.45) is 2.06. The first-order valence-electron chi connectivity index (χ1n) is 12.0. The number of anilines is 1. The molecule has 0 spiro atoms. The number of nitrogens with zero attached hydrogens (tertiary/aromatic N) is 3. The second-order valence-electron chi connectivity index (χ2n) is 9.71. The van der Waals surface area contributed by atoms with Gasteiger partial charge in [0, 0.05) is 30.4 Å². The summed E-state index contributed by atoms with van der Waals surface area (Å²) in [6.45, 7) is 12.6. The second-order valence-corrected chi connectivity index (χ2v) is 9.71. The van der Waals surface area contributed by atoms with Crippen molar-refractivity contribution in [3.63, 3.8) is 0 Å². The maximum atomic E-state index is 13.7. The molecule has 0 radical (unpaired) electrons. The fraction of sp³-hybridized carbons (Fsp3) is 0.393. The third-order valence-electron chi connectivity index (χ3n) is 5.42. The van der Waals surface area contributed by atoms with Crippen molar-refractivity contribution in [3.8, 4) is 5.75 Å². The van der Waals surface area contributed by atoms with Gasteiger partial charge in [0.25, 0.3) is 0 Å². The molecule has 0 aliphatic rings. The van der Waals surface area contributed by atoms with Gasteiger partial charge < -0.3 is 10.1 Å². The van der Waals surface area contributed by atoms with Crippen LogP contribution in [0.15, 0.2) is 60.8 Å². The lowest BCUT2D eigenvalue weighted by Gasteiger charge is -2.34. The van der Waals surface area contributed by atoms with E-state index in [0.29, 0.717) is 30.2 Å². The highest BCUT2D eigenvalue weighted by Gasteiger charge is 2.34. The standard InChI is InChI=1S/C28H36N4O3/c1-7-35-24-14-10-22(11-15-24)26(27(34)29-28(4,5)6)32(23-12-8-20(2)9-13-23)25(33)17-19-31-18-16-21(3)30-31/h8-16,18,26H,7,17,19H2,1-6H3,(H,29,34). The van der Waals surface area contributed by atoms with Gasteiger partial charge in [-0.05, 0) is 77.4 Å². The minimum absolute atomic E-state index is 0.162. The Bertz CT molecular complexity index is 1130. The molecule has 35 heavy (non-hydrogen) atoms. The van der Waals surface area contributed by atoms with Crippen molar-refractivity contribution in [2.45, 2.75) is 66.1 Å². The molecule has 1 aromatic heterocycles. The zero-order chi connectivity index (χ0) is 25.6. The third kappa shape index (κ3) is 7.18. The number of aromatic nitrogens is 2. The number of rotatable bonds is 9. The lowest BCUT2D eigenvalue weighted by molar-refractivity contribution is -0.127. The van der Waals surface area contributed by atoms with Crippen molar-refractivity contribution in [2.24, 2.45) is 0 Å². The smallest absolute Gasteiger partial charge is 0.248 e. The highest BCUT2D eigenvalue weighted by Crippen LogP contribution is 2.31. The molecule has 1 unspecified atom stereocenters. The van der Waals surface area contributed by atoms with Crippen molar-refractivity contribution in [1.82, 2.24) is 15.1 Å². The van der Waals surface area contributed by atoms with Crippen LogP contribution in [0.3, 0.4) is 0 Å². The van der Waals surface area contributed by atoms with E-state index in [2.05, 4.69) is 10.4 Å². The Morgan fingerprint density at radius 1 is 1.03 bits per heavy atom. The molecule has 0 bridgehead atoms. The van der Waals surface area contributed by atoms with Gasteiger partial charge >= 0.3 is 0 Å². The number of carbonyl (C=O) groups excluding carboxylic acids is 2. The van der Waals surface area contributed by atoms with E-state index in [1.165, 1.54) is 0 Å². The Hall–Kier alpha value is -3.61. The van der Waals surface area contributed by atoms with E-state index in [1.807, 2.05) is 102 Å². The molecule has 2 aromatic carbocycles. The van der Waals surface area contributed by atoms with Gasteiger partial charge in [0.1, 0.15) is 11.8 Å². The second kappa shape index (κ2) is 11.2. The van der Waals surface area contributed by atoms with Gasteiger partial charge in [-0.1, -0.05) is 29.8 Å². The SMILES string of the molecule is CCOc1ccc(C(C(=O)NC(C)(C)C)N(C(=O)CCn2ccc(C)n2)c2ccc(C)cc2)cc1. The van der Waals surface area contributed by atoms with Crippen molar-refractivity contribution in [2.75, 3.05) is 11.5 Å². The van der Waals surface area contributed by atoms with Gasteiger partial charge in [0.2, 0.25) is 11.8 Å². The average Bonchev–Trinajstić information content (AvgIpc) is 3.21. The molecule has 2 amide bonds. The summed E-state index contributed by atoms with van der Waals surface area (Å²) >= 11 is 0. The third-order valence-corrected chi connectivity index (χ3v) is 5.42. The summed E-state index contributed by atoms with van der Waals surface area (Å²) in [5, 5.41) is 7.46. The van der Waals surface area contributed by atoms with Crippen molar-refractivity contribution >= 4 is 17.5 Å². The summed E-state index contributed by atoms with van der Waals surface area (Å²) in [4.78, 5) is 29.0. The topological polar surface area (TPSA) is 76.5 Å². The monoisotopic (exact) mass is 476 g/mol. The lowest BCUT2D eigenvalue weighted by Crippen LogP contribution is -2.49. The maximum Gasteiger partial charge on any atom is 0.248 e. The Kier molecular flexibility index (Phi) is 8.33. The molecule has 186 valence electrons. The molecule has 1 atom stereocenters. The van der Waals surface area contributed by atoms with Gasteiger partial charge in [-0.25, -0.2) is 0 Å². The van der Waals surface area contributed by atoms with Gasteiger partial charge in [-0.3, -0.25) is 19.2 Å². The van der Waals surface area contributed by atoms with E-state index in [0.717, 1.165) is 11.3 Å². The van der Waals surface area contributed by atoms with Crippen molar-refractivity contribution in [3.05, 3.63) is 77.6 Å². The van der Waals surface area contributed by atoms with Crippen LogP contribution in [0.2, 0.25) is 0 Å². The molecule has 1 N–H and O–H groups in total. The van der Waals surface area contributed by atoms with E-state index in [-0.39, 0.29) is 18.2 Å². The van der Waals surface area contributed by atoms with Crippen LogP contribution in [0.1, 0.15) is 57.0 Å². The summed E-state index contributed by atoms with van der Waals surface area (Å²) in [5.74, 6) is 0.309. The van der Waals surface area contributed by atoms with Crippen LogP contribution in [-0.4, -0.2) is 33.7 Å². The quantitative estimate of drug-likeness (QED) is 0.473. The van der Waals surface area contributed by atoms with Crippen molar-refractivity contribution in [1.29, 1.82) is 0 Å². The van der Waals surface area contributed by atoms with Gasteiger partial charge in [0.05, 0.1) is 12.3 Å². The van der Waals surface area contributed by atoms with Crippen LogP contribution in [0.5, 0.6) is 5.75 Å². The number of nitrogens with one attached hydrogen (secondary N) is 1. The lowest BCUT2D eigenvalue weighted by atomic mass is 10.00. The molecule has 0 saturated carbocycles. The first kappa shape index (κ1) is 26.0. The average molecular weight is 477 g/mol. The molecule has 3 aromatic rings. The molecule has 0 fully saturated rings. The van der Waals surface area contributed by atoms with E-state index in [9.17, 15) is 9.59 Å². The Morgan fingerprint density at radius 2 is 1.69 bits per heavy atom. The van der Waals surface area contributed by atoms with Crippen LogP contribution in [0.25, 0.3) is 0 Å². The van der Waals surface area contributed by atoms with E-state index in [1.54, 1.807) is 9.58 Å². The molecule has 1 heterocycles. The molecule has 3 rings (SSSR count). The fourth-order valence-electron chi connectivity index (χ4n) is 3.83. The molecular weight excluding hydrogens is 440 g/mol. The van der Waals surface area contributed by atoms with E-state index < -0.39 is 11.6 Å². The predicted molar refractivity (Wildman–Crippen MR) is 138 cm³/mol. The molecule has 7 nitrogen and oxygen atoms in total. The largest absolute Gasteiger partial charge is 0.494 e. The zero-order valence-corrected chi connectivity index (χ0v) is 21.5. The number of carbonyl (C=O) groups is 2. The highest BCUT2D eigenvalue weighted by atomic mass is 16.5.